The van der Waals surface area contributed by atoms with Gasteiger partial charge in [-0.1, -0.05) is 6.07 Å². The Bertz CT molecular complexity index is 855. The summed E-state index contributed by atoms with van der Waals surface area (Å²) in [6.45, 7) is 0.371. The lowest BCUT2D eigenvalue weighted by atomic mass is 10.2. The predicted octanol–water partition coefficient (Wildman–Crippen LogP) is 1.88. The second kappa shape index (κ2) is 6.44. The molecule has 1 N–H and O–H groups in total. The van der Waals surface area contributed by atoms with E-state index in [1.165, 1.54) is 4.57 Å². The summed E-state index contributed by atoms with van der Waals surface area (Å²) in [6.07, 6.45) is 3.14. The third kappa shape index (κ3) is 3.01. The fourth-order valence-electron chi connectivity index (χ4n) is 2.07. The topological polar surface area (TPSA) is 77.1 Å². The largest absolute Gasteiger partial charge is 0.419 e. The molecule has 0 spiro atoms. The van der Waals surface area contributed by atoms with Gasteiger partial charge in [0, 0.05) is 31.5 Å². The quantitative estimate of drug-likeness (QED) is 0.799. The molecule has 0 aliphatic rings. The molecule has 3 aromatic rings. The highest BCUT2D eigenvalue weighted by atomic mass is 35.5. The van der Waals surface area contributed by atoms with Crippen LogP contribution < -0.4 is 11.1 Å². The fraction of sp³-hybridized carbons (Fsp3) is 0.133. The molecule has 22 heavy (non-hydrogen) atoms. The highest BCUT2D eigenvalue weighted by molar-refractivity contribution is 5.93. The SMILES string of the molecule is Cl.Cn1c(=O)oc2ccc(CNC(=O)c3ccncc3)cc21. The van der Waals surface area contributed by atoms with E-state index in [1.54, 1.807) is 37.6 Å². The van der Waals surface area contributed by atoms with E-state index in [1.807, 2.05) is 12.1 Å². The molecule has 0 fully saturated rings. The molecular weight excluding hydrogens is 306 g/mol. The van der Waals surface area contributed by atoms with Crippen molar-refractivity contribution in [2.75, 3.05) is 0 Å². The Morgan fingerprint density at radius 2 is 2.00 bits per heavy atom. The first kappa shape index (κ1) is 15.8. The van der Waals surface area contributed by atoms with Gasteiger partial charge >= 0.3 is 5.76 Å². The number of hydrogen-bond donors (Lipinski definition) is 1. The van der Waals surface area contributed by atoms with Crippen LogP contribution in [0.1, 0.15) is 15.9 Å². The number of aromatic nitrogens is 2. The van der Waals surface area contributed by atoms with Crippen molar-refractivity contribution in [3.8, 4) is 0 Å². The van der Waals surface area contributed by atoms with Crippen LogP contribution in [0.4, 0.5) is 0 Å². The monoisotopic (exact) mass is 319 g/mol. The maximum atomic E-state index is 11.9. The van der Waals surface area contributed by atoms with Crippen molar-refractivity contribution in [1.29, 1.82) is 0 Å². The van der Waals surface area contributed by atoms with E-state index in [0.29, 0.717) is 23.2 Å². The Kier molecular flexibility index (Phi) is 4.62. The molecular formula is C15H14ClN3O3. The van der Waals surface area contributed by atoms with Gasteiger partial charge in [0.1, 0.15) is 0 Å². The van der Waals surface area contributed by atoms with Gasteiger partial charge in [0.05, 0.1) is 5.52 Å². The van der Waals surface area contributed by atoms with Crippen molar-refractivity contribution >= 4 is 29.4 Å². The van der Waals surface area contributed by atoms with Crippen LogP contribution in [-0.4, -0.2) is 15.5 Å². The number of amides is 1. The number of nitrogens with zero attached hydrogens (tertiary/aromatic N) is 2. The molecule has 0 saturated heterocycles. The van der Waals surface area contributed by atoms with E-state index in [-0.39, 0.29) is 18.3 Å². The van der Waals surface area contributed by atoms with Gasteiger partial charge in [-0.25, -0.2) is 4.79 Å². The molecule has 7 heteroatoms. The van der Waals surface area contributed by atoms with Gasteiger partial charge in [-0.2, -0.15) is 0 Å². The molecule has 1 amide bonds. The Balaban J connectivity index is 0.00000176. The first-order chi connectivity index (χ1) is 10.1. The predicted molar refractivity (Wildman–Crippen MR) is 84.1 cm³/mol. The minimum absolute atomic E-state index is 0. The summed E-state index contributed by atoms with van der Waals surface area (Å²) in [7, 11) is 1.65. The second-order valence-electron chi connectivity index (χ2n) is 4.65. The zero-order chi connectivity index (χ0) is 14.8. The molecule has 114 valence electrons. The summed E-state index contributed by atoms with van der Waals surface area (Å²) >= 11 is 0. The molecule has 6 nitrogen and oxygen atoms in total. The molecule has 0 radical (unpaired) electrons. The number of halogens is 1. The average Bonchev–Trinajstić information content (AvgIpc) is 2.80. The van der Waals surface area contributed by atoms with Crippen LogP contribution in [-0.2, 0) is 13.6 Å². The first-order valence-electron chi connectivity index (χ1n) is 6.42. The summed E-state index contributed by atoms with van der Waals surface area (Å²) in [6, 6.07) is 8.67. The average molecular weight is 320 g/mol. The summed E-state index contributed by atoms with van der Waals surface area (Å²) in [5, 5.41) is 2.82. The maximum Gasteiger partial charge on any atom is 0.419 e. The third-order valence-corrected chi connectivity index (χ3v) is 3.25. The number of hydrogen-bond acceptors (Lipinski definition) is 4. The number of oxazole rings is 1. The zero-order valence-electron chi connectivity index (χ0n) is 11.8. The number of aryl methyl sites for hydroxylation is 1. The van der Waals surface area contributed by atoms with Crippen molar-refractivity contribution < 1.29 is 9.21 Å². The van der Waals surface area contributed by atoms with Crippen molar-refractivity contribution in [2.24, 2.45) is 7.05 Å². The number of carbonyl (C=O) groups is 1. The molecule has 0 aliphatic heterocycles. The highest BCUT2D eigenvalue weighted by Gasteiger charge is 2.08. The molecule has 1 aromatic carbocycles. The normalized spacial score (nSPS) is 10.2. The number of carbonyl (C=O) groups excluding carboxylic acids is 1. The van der Waals surface area contributed by atoms with Crippen LogP contribution in [0.5, 0.6) is 0 Å². The van der Waals surface area contributed by atoms with E-state index in [2.05, 4.69) is 10.3 Å². The first-order valence-corrected chi connectivity index (χ1v) is 6.42. The second-order valence-corrected chi connectivity index (χ2v) is 4.65. The Morgan fingerprint density at radius 3 is 2.73 bits per heavy atom. The molecule has 0 saturated carbocycles. The minimum Gasteiger partial charge on any atom is -0.408 e. The molecule has 0 atom stereocenters. The Morgan fingerprint density at radius 1 is 1.27 bits per heavy atom. The maximum absolute atomic E-state index is 11.9. The van der Waals surface area contributed by atoms with Crippen LogP contribution >= 0.6 is 12.4 Å². The Labute approximate surface area is 132 Å². The van der Waals surface area contributed by atoms with Crippen molar-refractivity contribution in [3.63, 3.8) is 0 Å². The number of rotatable bonds is 3. The summed E-state index contributed by atoms with van der Waals surface area (Å²) in [5.74, 6) is -0.568. The lowest BCUT2D eigenvalue weighted by Crippen LogP contribution is -2.22. The summed E-state index contributed by atoms with van der Waals surface area (Å²) < 4.78 is 6.50. The molecule has 2 heterocycles. The minimum atomic E-state index is -0.400. The van der Waals surface area contributed by atoms with Crippen molar-refractivity contribution in [2.45, 2.75) is 6.54 Å². The van der Waals surface area contributed by atoms with Crippen LogP contribution in [0.25, 0.3) is 11.1 Å². The fourth-order valence-corrected chi connectivity index (χ4v) is 2.07. The van der Waals surface area contributed by atoms with E-state index in [0.717, 1.165) is 5.56 Å². The Hall–Kier alpha value is -2.60. The van der Waals surface area contributed by atoms with E-state index in [4.69, 9.17) is 4.42 Å². The third-order valence-electron chi connectivity index (χ3n) is 3.25. The molecule has 2 aromatic heterocycles. The van der Waals surface area contributed by atoms with Gasteiger partial charge in [-0.3, -0.25) is 14.3 Å². The van der Waals surface area contributed by atoms with Crippen molar-refractivity contribution in [3.05, 3.63) is 64.4 Å². The number of nitrogens with one attached hydrogen (secondary N) is 1. The van der Waals surface area contributed by atoms with Crippen molar-refractivity contribution in [1.82, 2.24) is 14.9 Å². The number of pyridine rings is 1. The molecule has 3 rings (SSSR count). The van der Waals surface area contributed by atoms with E-state index in [9.17, 15) is 9.59 Å². The number of benzene rings is 1. The molecule has 0 aliphatic carbocycles. The van der Waals surface area contributed by atoms with Gasteiger partial charge in [0.2, 0.25) is 0 Å². The molecule has 0 unspecified atom stereocenters. The van der Waals surface area contributed by atoms with Gasteiger partial charge in [0.15, 0.2) is 5.58 Å². The summed E-state index contributed by atoms with van der Waals surface area (Å²) in [5.41, 5.74) is 2.69. The van der Waals surface area contributed by atoms with Crippen LogP contribution in [0.15, 0.2) is 51.9 Å². The number of fused-ring (bicyclic) bond motifs is 1. The molecule has 0 bridgehead atoms. The van der Waals surface area contributed by atoms with E-state index >= 15 is 0 Å². The van der Waals surface area contributed by atoms with Gasteiger partial charge < -0.3 is 9.73 Å². The standard InChI is InChI=1S/C15H13N3O3.ClH/c1-18-12-8-10(2-3-13(12)21-15(18)20)9-17-14(19)11-4-6-16-7-5-11;/h2-8H,9H2,1H3,(H,17,19);1H. The summed E-state index contributed by atoms with van der Waals surface area (Å²) in [4.78, 5) is 27.2. The zero-order valence-corrected chi connectivity index (χ0v) is 12.6. The van der Waals surface area contributed by atoms with Crippen LogP contribution in [0.3, 0.4) is 0 Å². The van der Waals surface area contributed by atoms with Crippen LogP contribution in [0, 0.1) is 0 Å². The highest BCUT2D eigenvalue weighted by Crippen LogP contribution is 2.14. The lowest BCUT2D eigenvalue weighted by Gasteiger charge is -2.05. The van der Waals surface area contributed by atoms with Gasteiger partial charge in [0.25, 0.3) is 5.91 Å². The smallest absolute Gasteiger partial charge is 0.408 e. The van der Waals surface area contributed by atoms with Gasteiger partial charge in [-0.05, 0) is 29.8 Å². The van der Waals surface area contributed by atoms with Gasteiger partial charge in [-0.15, -0.1) is 12.4 Å². The lowest BCUT2D eigenvalue weighted by molar-refractivity contribution is 0.0951. The van der Waals surface area contributed by atoms with E-state index < -0.39 is 5.76 Å². The van der Waals surface area contributed by atoms with Crippen LogP contribution in [0.2, 0.25) is 0 Å².